The Morgan fingerprint density at radius 3 is 2.67 bits per heavy atom. The lowest BCUT2D eigenvalue weighted by molar-refractivity contribution is 0.102. The van der Waals surface area contributed by atoms with Crippen molar-refractivity contribution in [3.8, 4) is 0 Å². The average molecular weight is 362 g/mol. The monoisotopic (exact) mass is 360 g/mol. The molecule has 0 fully saturated rings. The van der Waals surface area contributed by atoms with Gasteiger partial charge in [0.15, 0.2) is 5.82 Å². The zero-order valence-electron chi connectivity index (χ0n) is 10.8. The van der Waals surface area contributed by atoms with Gasteiger partial charge in [0.25, 0.3) is 5.91 Å². The maximum atomic E-state index is 12.3. The molecule has 3 rings (SSSR count). The lowest BCUT2D eigenvalue weighted by Crippen LogP contribution is -2.13. The number of hydrogen-bond acceptors (Lipinski definition) is 2. The van der Waals surface area contributed by atoms with E-state index >= 15 is 0 Å². The number of halogens is 2. The molecule has 5 heteroatoms. The minimum atomic E-state index is -0.236. The maximum Gasteiger partial charge on any atom is 0.256 e. The number of anilines is 1. The lowest BCUT2D eigenvalue weighted by Gasteiger charge is -2.07. The van der Waals surface area contributed by atoms with Crippen molar-refractivity contribution >= 4 is 50.0 Å². The van der Waals surface area contributed by atoms with Crippen molar-refractivity contribution in [2.45, 2.75) is 0 Å². The van der Waals surface area contributed by atoms with E-state index in [0.717, 1.165) is 15.2 Å². The average Bonchev–Trinajstić information content (AvgIpc) is 2.49. The molecule has 0 saturated heterocycles. The van der Waals surface area contributed by atoms with Gasteiger partial charge in [-0.25, -0.2) is 4.98 Å². The molecule has 1 heterocycles. The Hall–Kier alpha value is -1.91. The number of fused-ring (bicyclic) bond motifs is 1. The standard InChI is InChI=1S/C16H10BrClN2O/c17-13-6-5-10-8-12(4-3-11(10)9-13)16(21)20-15-14(18)2-1-7-19-15/h1-9H,(H,19,20,21). The number of carbonyl (C=O) groups is 1. The SMILES string of the molecule is O=C(Nc1ncccc1Cl)c1ccc2cc(Br)ccc2c1. The lowest BCUT2D eigenvalue weighted by atomic mass is 10.1. The highest BCUT2D eigenvalue weighted by atomic mass is 79.9. The largest absolute Gasteiger partial charge is 0.305 e. The van der Waals surface area contributed by atoms with Gasteiger partial charge in [0.2, 0.25) is 0 Å². The molecule has 104 valence electrons. The Morgan fingerprint density at radius 1 is 1.10 bits per heavy atom. The molecule has 1 aromatic heterocycles. The molecule has 21 heavy (non-hydrogen) atoms. The second-order valence-electron chi connectivity index (χ2n) is 4.49. The first-order chi connectivity index (χ1) is 10.1. The van der Waals surface area contributed by atoms with Crippen LogP contribution < -0.4 is 5.32 Å². The van der Waals surface area contributed by atoms with E-state index < -0.39 is 0 Å². The van der Waals surface area contributed by atoms with Gasteiger partial charge >= 0.3 is 0 Å². The second-order valence-corrected chi connectivity index (χ2v) is 5.82. The summed E-state index contributed by atoms with van der Waals surface area (Å²) < 4.78 is 1.01. The molecular formula is C16H10BrClN2O. The van der Waals surface area contributed by atoms with Crippen LogP contribution in [0, 0.1) is 0 Å². The number of rotatable bonds is 2. The summed E-state index contributed by atoms with van der Waals surface area (Å²) >= 11 is 9.42. The Labute approximate surface area is 135 Å². The molecule has 0 atom stereocenters. The van der Waals surface area contributed by atoms with Gasteiger partial charge in [0, 0.05) is 16.2 Å². The molecule has 1 amide bonds. The minimum absolute atomic E-state index is 0.236. The van der Waals surface area contributed by atoms with Crippen molar-refractivity contribution in [1.82, 2.24) is 4.98 Å². The molecule has 3 aromatic rings. The summed E-state index contributed by atoms with van der Waals surface area (Å²) in [4.78, 5) is 16.3. The van der Waals surface area contributed by atoms with Crippen LogP contribution in [0.2, 0.25) is 5.02 Å². The van der Waals surface area contributed by atoms with Crippen molar-refractivity contribution in [1.29, 1.82) is 0 Å². The molecule has 0 saturated carbocycles. The van der Waals surface area contributed by atoms with Gasteiger partial charge in [0.05, 0.1) is 5.02 Å². The van der Waals surface area contributed by atoms with Crippen molar-refractivity contribution in [2.75, 3.05) is 5.32 Å². The summed E-state index contributed by atoms with van der Waals surface area (Å²) in [7, 11) is 0. The van der Waals surface area contributed by atoms with Crippen LogP contribution in [0.1, 0.15) is 10.4 Å². The summed E-state index contributed by atoms with van der Waals surface area (Å²) in [6.07, 6.45) is 1.58. The van der Waals surface area contributed by atoms with Crippen LogP contribution in [0.25, 0.3) is 10.8 Å². The second kappa shape index (κ2) is 5.84. The molecule has 0 aliphatic rings. The molecule has 2 aromatic carbocycles. The number of pyridine rings is 1. The molecule has 0 radical (unpaired) electrons. The molecule has 0 spiro atoms. The highest BCUT2D eigenvalue weighted by molar-refractivity contribution is 9.10. The van der Waals surface area contributed by atoms with Crippen molar-refractivity contribution in [3.63, 3.8) is 0 Å². The van der Waals surface area contributed by atoms with Gasteiger partial charge in [0.1, 0.15) is 0 Å². The number of carbonyl (C=O) groups excluding carboxylic acids is 1. The summed E-state index contributed by atoms with van der Waals surface area (Å²) in [5.74, 6) is 0.125. The molecule has 0 unspecified atom stereocenters. The van der Waals surface area contributed by atoms with Crippen molar-refractivity contribution < 1.29 is 4.79 Å². The molecule has 1 N–H and O–H groups in total. The first-order valence-corrected chi connectivity index (χ1v) is 7.42. The number of benzene rings is 2. The molecular weight excluding hydrogens is 352 g/mol. The van der Waals surface area contributed by atoms with Crippen LogP contribution in [0.4, 0.5) is 5.82 Å². The quantitative estimate of drug-likeness (QED) is 0.705. The van der Waals surface area contributed by atoms with E-state index in [-0.39, 0.29) is 5.91 Å². The number of hydrogen-bond donors (Lipinski definition) is 1. The van der Waals surface area contributed by atoms with E-state index in [9.17, 15) is 4.79 Å². The van der Waals surface area contributed by atoms with Gasteiger partial charge < -0.3 is 5.32 Å². The molecule has 3 nitrogen and oxygen atoms in total. The van der Waals surface area contributed by atoms with E-state index in [2.05, 4.69) is 26.2 Å². The minimum Gasteiger partial charge on any atom is -0.305 e. The Balaban J connectivity index is 1.91. The van der Waals surface area contributed by atoms with Gasteiger partial charge in [-0.05, 0) is 47.2 Å². The van der Waals surface area contributed by atoms with Crippen molar-refractivity contribution in [3.05, 3.63) is 69.8 Å². The van der Waals surface area contributed by atoms with Crippen LogP contribution in [0.15, 0.2) is 59.2 Å². The van der Waals surface area contributed by atoms with Crippen molar-refractivity contribution in [2.24, 2.45) is 0 Å². The number of aromatic nitrogens is 1. The van der Waals surface area contributed by atoms with Crippen LogP contribution >= 0.6 is 27.5 Å². The Morgan fingerprint density at radius 2 is 1.86 bits per heavy atom. The number of nitrogens with one attached hydrogen (secondary N) is 1. The summed E-state index contributed by atoms with van der Waals surface area (Å²) in [6.45, 7) is 0. The number of nitrogens with zero attached hydrogens (tertiary/aromatic N) is 1. The Kier molecular flexibility index (Phi) is 3.90. The van der Waals surface area contributed by atoms with E-state index in [1.165, 1.54) is 0 Å². The summed E-state index contributed by atoms with van der Waals surface area (Å²) in [6, 6.07) is 14.8. The zero-order valence-corrected chi connectivity index (χ0v) is 13.1. The highest BCUT2D eigenvalue weighted by Crippen LogP contribution is 2.22. The highest BCUT2D eigenvalue weighted by Gasteiger charge is 2.09. The van der Waals surface area contributed by atoms with Crippen LogP contribution in [-0.4, -0.2) is 10.9 Å². The predicted molar refractivity (Wildman–Crippen MR) is 88.8 cm³/mol. The normalized spacial score (nSPS) is 10.6. The summed E-state index contributed by atoms with van der Waals surface area (Å²) in [5.41, 5.74) is 0.562. The van der Waals surface area contributed by atoms with Gasteiger partial charge in [-0.2, -0.15) is 0 Å². The van der Waals surface area contributed by atoms with Gasteiger partial charge in [-0.3, -0.25) is 4.79 Å². The fourth-order valence-electron chi connectivity index (χ4n) is 2.02. The van der Waals surface area contributed by atoms with E-state index in [1.54, 1.807) is 24.4 Å². The zero-order chi connectivity index (χ0) is 14.8. The van der Waals surface area contributed by atoms with Crippen LogP contribution in [0.5, 0.6) is 0 Å². The maximum absolute atomic E-state index is 12.3. The first-order valence-electron chi connectivity index (χ1n) is 6.25. The van der Waals surface area contributed by atoms with E-state index in [1.807, 2.05) is 30.3 Å². The fraction of sp³-hybridized carbons (Fsp3) is 0. The smallest absolute Gasteiger partial charge is 0.256 e. The van der Waals surface area contributed by atoms with Crippen LogP contribution in [0.3, 0.4) is 0 Å². The predicted octanol–water partition coefficient (Wildman–Crippen LogP) is 4.90. The first kappa shape index (κ1) is 14.0. The number of amides is 1. The molecule has 0 aliphatic heterocycles. The van der Waals surface area contributed by atoms with E-state index in [4.69, 9.17) is 11.6 Å². The fourth-order valence-corrected chi connectivity index (χ4v) is 2.56. The third-order valence-corrected chi connectivity index (χ3v) is 3.85. The van der Waals surface area contributed by atoms with E-state index in [0.29, 0.717) is 16.4 Å². The summed E-state index contributed by atoms with van der Waals surface area (Å²) in [5, 5.41) is 5.19. The molecule has 0 aliphatic carbocycles. The van der Waals surface area contributed by atoms with Crippen LogP contribution in [-0.2, 0) is 0 Å². The molecule has 0 bridgehead atoms. The topological polar surface area (TPSA) is 42.0 Å². The van der Waals surface area contributed by atoms with Gasteiger partial charge in [-0.1, -0.05) is 39.7 Å². The van der Waals surface area contributed by atoms with Gasteiger partial charge in [-0.15, -0.1) is 0 Å². The Bertz CT molecular complexity index is 835. The third-order valence-electron chi connectivity index (χ3n) is 3.05. The third kappa shape index (κ3) is 3.06.